The average molecular weight is 224 g/mol. The van der Waals surface area contributed by atoms with Crippen molar-refractivity contribution in [2.75, 3.05) is 0 Å². The van der Waals surface area contributed by atoms with Gasteiger partial charge >= 0.3 is 5.97 Å². The van der Waals surface area contributed by atoms with E-state index in [0.29, 0.717) is 5.92 Å². The maximum atomic E-state index is 11.4. The summed E-state index contributed by atoms with van der Waals surface area (Å²) in [7, 11) is 0. The Morgan fingerprint density at radius 3 is 2.69 bits per heavy atom. The van der Waals surface area contributed by atoms with Gasteiger partial charge in [-0.15, -0.1) is 0 Å². The van der Waals surface area contributed by atoms with Gasteiger partial charge in [-0.25, -0.2) is 0 Å². The third kappa shape index (κ3) is 4.38. The van der Waals surface area contributed by atoms with Gasteiger partial charge in [0, 0.05) is 0 Å². The number of carbonyl (C=O) groups excluding carboxylic acids is 1. The fraction of sp³-hybridized carbons (Fsp3) is 0.786. The van der Waals surface area contributed by atoms with Crippen molar-refractivity contribution in [2.45, 2.75) is 59.5 Å². The zero-order chi connectivity index (χ0) is 12.1. The highest BCUT2D eigenvalue weighted by Crippen LogP contribution is 2.27. The zero-order valence-electron chi connectivity index (χ0n) is 11.0. The molecule has 0 saturated heterocycles. The van der Waals surface area contributed by atoms with E-state index in [9.17, 15) is 4.79 Å². The number of ether oxygens (including phenoxy) is 1. The van der Waals surface area contributed by atoms with Crippen molar-refractivity contribution in [1.29, 1.82) is 0 Å². The van der Waals surface area contributed by atoms with Gasteiger partial charge in [-0.1, -0.05) is 25.5 Å². The Kier molecular flexibility index (Phi) is 5.04. The fourth-order valence-corrected chi connectivity index (χ4v) is 2.09. The van der Waals surface area contributed by atoms with E-state index in [1.165, 1.54) is 18.4 Å². The second-order valence-electron chi connectivity index (χ2n) is 5.33. The molecule has 16 heavy (non-hydrogen) atoms. The number of allylic oxidation sites excluding steroid dienone is 2. The first kappa shape index (κ1) is 13.3. The van der Waals surface area contributed by atoms with Crippen LogP contribution in [0.1, 0.15) is 53.4 Å². The highest BCUT2D eigenvalue weighted by molar-refractivity contribution is 5.71. The highest BCUT2D eigenvalue weighted by Gasteiger charge is 2.19. The first-order valence-corrected chi connectivity index (χ1v) is 6.35. The molecule has 2 unspecified atom stereocenters. The second-order valence-corrected chi connectivity index (χ2v) is 5.33. The highest BCUT2D eigenvalue weighted by atomic mass is 16.5. The van der Waals surface area contributed by atoms with E-state index in [4.69, 9.17) is 4.74 Å². The molecule has 0 aliphatic heterocycles. The number of hydrogen-bond donors (Lipinski definition) is 0. The Balaban J connectivity index is 2.29. The molecule has 0 bridgehead atoms. The van der Waals surface area contributed by atoms with Gasteiger partial charge in [0.1, 0.15) is 0 Å². The quantitative estimate of drug-likeness (QED) is 0.537. The van der Waals surface area contributed by atoms with Crippen LogP contribution in [0.4, 0.5) is 0 Å². The van der Waals surface area contributed by atoms with Crippen LogP contribution in [0.3, 0.4) is 0 Å². The summed E-state index contributed by atoms with van der Waals surface area (Å²) in [6.07, 6.45) is 6.98. The van der Waals surface area contributed by atoms with E-state index in [1.54, 1.807) is 0 Å². The molecule has 0 fully saturated rings. The van der Waals surface area contributed by atoms with Crippen LogP contribution in [-0.2, 0) is 9.53 Å². The Hall–Kier alpha value is -0.790. The largest absolute Gasteiger partial charge is 0.462 e. The van der Waals surface area contributed by atoms with Crippen molar-refractivity contribution in [1.82, 2.24) is 0 Å². The summed E-state index contributed by atoms with van der Waals surface area (Å²) in [4.78, 5) is 11.4. The van der Waals surface area contributed by atoms with Crippen LogP contribution >= 0.6 is 0 Å². The molecular formula is C14H24O2. The molecule has 0 radical (unpaired) electrons. The lowest BCUT2D eigenvalue weighted by molar-refractivity contribution is -0.152. The molecule has 0 N–H and O–H groups in total. The average Bonchev–Trinajstić information content (AvgIpc) is 2.21. The molecule has 1 aliphatic rings. The lowest BCUT2D eigenvalue weighted by atomic mass is 9.86. The van der Waals surface area contributed by atoms with E-state index >= 15 is 0 Å². The minimum atomic E-state index is -0.0740. The first-order valence-electron chi connectivity index (χ1n) is 6.35. The molecule has 0 saturated carbocycles. The van der Waals surface area contributed by atoms with Gasteiger partial charge in [0.15, 0.2) is 0 Å². The normalized spacial score (nSPS) is 22.8. The van der Waals surface area contributed by atoms with E-state index < -0.39 is 0 Å². The maximum absolute atomic E-state index is 11.4. The molecule has 0 spiro atoms. The van der Waals surface area contributed by atoms with Crippen LogP contribution < -0.4 is 0 Å². The summed E-state index contributed by atoms with van der Waals surface area (Å²) in [5.74, 6) is 0.602. The second kappa shape index (κ2) is 6.07. The van der Waals surface area contributed by atoms with Crippen molar-refractivity contribution in [3.05, 3.63) is 11.6 Å². The van der Waals surface area contributed by atoms with E-state index in [1.807, 2.05) is 20.8 Å². The Labute approximate surface area is 99.1 Å². The van der Waals surface area contributed by atoms with Gasteiger partial charge in [-0.05, 0) is 45.4 Å². The molecule has 2 atom stereocenters. The predicted octanol–water partition coefficient (Wildman–Crippen LogP) is 3.71. The minimum absolute atomic E-state index is 0.0176. The van der Waals surface area contributed by atoms with Crippen LogP contribution in [0.5, 0.6) is 0 Å². The number of esters is 1. The molecule has 0 aromatic carbocycles. The predicted molar refractivity (Wildman–Crippen MR) is 66.1 cm³/mol. The third-order valence-electron chi connectivity index (χ3n) is 3.20. The van der Waals surface area contributed by atoms with Gasteiger partial charge in [-0.2, -0.15) is 0 Å². The Morgan fingerprint density at radius 2 is 2.19 bits per heavy atom. The summed E-state index contributed by atoms with van der Waals surface area (Å²) < 4.78 is 5.38. The molecule has 0 aromatic heterocycles. The lowest BCUT2D eigenvalue weighted by Crippen LogP contribution is -2.22. The molecule has 1 rings (SSSR count). The lowest BCUT2D eigenvalue weighted by Gasteiger charge is -2.24. The van der Waals surface area contributed by atoms with Gasteiger partial charge < -0.3 is 4.74 Å². The molecule has 0 amide bonds. The molecule has 1 aliphatic carbocycles. The van der Waals surface area contributed by atoms with Crippen molar-refractivity contribution >= 4 is 5.97 Å². The standard InChI is InChI=1S/C14H24O2/c1-10(2)14(15)16-12(4)9-13-7-5-11(3)6-8-13/h5,10,12-13H,6-9H2,1-4H3. The van der Waals surface area contributed by atoms with Gasteiger partial charge in [0.2, 0.25) is 0 Å². The fourth-order valence-electron chi connectivity index (χ4n) is 2.09. The van der Waals surface area contributed by atoms with Gasteiger partial charge in [0.25, 0.3) is 0 Å². The molecule has 2 nitrogen and oxygen atoms in total. The van der Waals surface area contributed by atoms with Crippen molar-refractivity contribution in [2.24, 2.45) is 11.8 Å². The van der Waals surface area contributed by atoms with Crippen LogP contribution in [-0.4, -0.2) is 12.1 Å². The monoisotopic (exact) mass is 224 g/mol. The SMILES string of the molecule is CC1=CCC(CC(C)OC(=O)C(C)C)CC1. The smallest absolute Gasteiger partial charge is 0.308 e. The van der Waals surface area contributed by atoms with Crippen LogP contribution in [0.15, 0.2) is 11.6 Å². The van der Waals surface area contributed by atoms with Gasteiger partial charge in [0.05, 0.1) is 12.0 Å². The van der Waals surface area contributed by atoms with Crippen LogP contribution in [0.25, 0.3) is 0 Å². The van der Waals surface area contributed by atoms with E-state index in [2.05, 4.69) is 13.0 Å². The van der Waals surface area contributed by atoms with E-state index in [-0.39, 0.29) is 18.0 Å². The Bertz CT molecular complexity index is 266. The third-order valence-corrected chi connectivity index (χ3v) is 3.20. The summed E-state index contributed by atoms with van der Waals surface area (Å²) in [5, 5.41) is 0. The topological polar surface area (TPSA) is 26.3 Å². The van der Waals surface area contributed by atoms with Crippen molar-refractivity contribution in [3.63, 3.8) is 0 Å². The minimum Gasteiger partial charge on any atom is -0.462 e. The summed E-state index contributed by atoms with van der Waals surface area (Å²) in [6, 6.07) is 0. The molecule has 92 valence electrons. The van der Waals surface area contributed by atoms with Crippen LogP contribution in [0, 0.1) is 11.8 Å². The summed E-state index contributed by atoms with van der Waals surface area (Å²) in [5.41, 5.74) is 1.50. The summed E-state index contributed by atoms with van der Waals surface area (Å²) >= 11 is 0. The first-order chi connectivity index (χ1) is 7.49. The van der Waals surface area contributed by atoms with Crippen molar-refractivity contribution in [3.8, 4) is 0 Å². The van der Waals surface area contributed by atoms with E-state index in [0.717, 1.165) is 12.8 Å². The molecular weight excluding hydrogens is 200 g/mol. The molecule has 0 heterocycles. The summed E-state index contributed by atoms with van der Waals surface area (Å²) in [6.45, 7) is 7.95. The number of hydrogen-bond acceptors (Lipinski definition) is 2. The van der Waals surface area contributed by atoms with Crippen molar-refractivity contribution < 1.29 is 9.53 Å². The Morgan fingerprint density at radius 1 is 1.50 bits per heavy atom. The van der Waals surface area contributed by atoms with Gasteiger partial charge in [-0.3, -0.25) is 4.79 Å². The number of carbonyl (C=O) groups is 1. The van der Waals surface area contributed by atoms with Crippen LogP contribution in [0.2, 0.25) is 0 Å². The maximum Gasteiger partial charge on any atom is 0.308 e. The zero-order valence-corrected chi connectivity index (χ0v) is 11.0. The molecule has 0 aromatic rings. The molecule has 2 heteroatoms. The number of rotatable bonds is 4.